The van der Waals surface area contributed by atoms with Crippen molar-refractivity contribution in [2.24, 2.45) is 5.41 Å². The van der Waals surface area contributed by atoms with E-state index in [1.807, 2.05) is 12.2 Å². The molecule has 0 radical (unpaired) electrons. The van der Waals surface area contributed by atoms with E-state index in [1.165, 1.54) is 47.6 Å². The molecule has 2 heteroatoms. The van der Waals surface area contributed by atoms with Crippen molar-refractivity contribution in [1.82, 2.24) is 0 Å². The molecule has 1 aliphatic carbocycles. The first-order valence-corrected chi connectivity index (χ1v) is 8.61. The predicted octanol–water partition coefficient (Wildman–Crippen LogP) is 6.02. The van der Waals surface area contributed by atoms with Crippen molar-refractivity contribution >= 4 is 17.6 Å². The van der Waals surface area contributed by atoms with E-state index in [2.05, 4.69) is 45.9 Å². The van der Waals surface area contributed by atoms with Gasteiger partial charge in [0, 0.05) is 6.08 Å². The number of carboxylic acid groups (broad SMARTS) is 1. The molecule has 0 fully saturated rings. The zero-order valence-corrected chi connectivity index (χ0v) is 15.4. The van der Waals surface area contributed by atoms with Crippen molar-refractivity contribution in [2.45, 2.75) is 53.9 Å². The van der Waals surface area contributed by atoms with Crippen LogP contribution in [0.25, 0.3) is 11.6 Å². The molecule has 0 unspecified atom stereocenters. The Morgan fingerprint density at radius 2 is 1.96 bits per heavy atom. The minimum atomic E-state index is -0.911. The summed E-state index contributed by atoms with van der Waals surface area (Å²) < 4.78 is 0. The minimum Gasteiger partial charge on any atom is -0.478 e. The second kappa shape index (κ2) is 7.21. The third kappa shape index (κ3) is 4.25. The van der Waals surface area contributed by atoms with E-state index in [1.54, 1.807) is 6.92 Å². The van der Waals surface area contributed by atoms with Crippen LogP contribution in [0.15, 0.2) is 41.5 Å². The number of allylic oxidation sites excluding steroid dienone is 4. The molecule has 0 heterocycles. The smallest absolute Gasteiger partial charge is 0.328 e. The van der Waals surface area contributed by atoms with Gasteiger partial charge in [0.15, 0.2) is 0 Å². The maximum Gasteiger partial charge on any atom is 0.328 e. The van der Waals surface area contributed by atoms with Gasteiger partial charge in [0.2, 0.25) is 0 Å². The van der Waals surface area contributed by atoms with Crippen molar-refractivity contribution in [3.8, 4) is 0 Å². The van der Waals surface area contributed by atoms with Crippen LogP contribution in [0.5, 0.6) is 0 Å². The lowest BCUT2D eigenvalue weighted by atomic mass is 9.70. The fourth-order valence-corrected chi connectivity index (χ4v) is 3.74. The maximum absolute atomic E-state index is 10.7. The minimum absolute atomic E-state index is 0.229. The van der Waals surface area contributed by atoms with Crippen LogP contribution in [-0.4, -0.2) is 11.1 Å². The summed E-state index contributed by atoms with van der Waals surface area (Å²) in [5.41, 5.74) is 7.64. The SMILES string of the molecule is CC1=C(c2ccc(/C=C/C(C)=C/C(=O)O)c(C)c2)C(C)(C)CCC1. The summed E-state index contributed by atoms with van der Waals surface area (Å²) in [5.74, 6) is -0.911. The molecule has 0 bridgehead atoms. The molecule has 0 amide bonds. The Morgan fingerprint density at radius 3 is 2.54 bits per heavy atom. The number of rotatable bonds is 4. The van der Waals surface area contributed by atoms with E-state index in [0.717, 1.165) is 11.1 Å². The summed E-state index contributed by atoms with van der Waals surface area (Å²) in [6, 6.07) is 6.61. The lowest BCUT2D eigenvalue weighted by Crippen LogP contribution is -2.19. The molecule has 128 valence electrons. The van der Waals surface area contributed by atoms with Crippen LogP contribution in [0.4, 0.5) is 0 Å². The highest BCUT2D eigenvalue weighted by Gasteiger charge is 2.29. The summed E-state index contributed by atoms with van der Waals surface area (Å²) in [6.45, 7) is 10.9. The molecular weight excluding hydrogens is 296 g/mol. The predicted molar refractivity (Wildman–Crippen MR) is 102 cm³/mol. The number of aryl methyl sites for hydroxylation is 1. The zero-order chi connectivity index (χ0) is 17.9. The Kier molecular flexibility index (Phi) is 5.48. The summed E-state index contributed by atoms with van der Waals surface area (Å²) >= 11 is 0. The Balaban J connectivity index is 2.34. The fraction of sp³-hybridized carbons (Fsp3) is 0.409. The molecule has 0 saturated carbocycles. The molecule has 2 nitrogen and oxygen atoms in total. The van der Waals surface area contributed by atoms with E-state index in [4.69, 9.17) is 5.11 Å². The fourth-order valence-electron chi connectivity index (χ4n) is 3.74. The molecule has 1 N–H and O–H groups in total. The maximum atomic E-state index is 10.7. The third-order valence-corrected chi connectivity index (χ3v) is 4.89. The summed E-state index contributed by atoms with van der Waals surface area (Å²) in [4.78, 5) is 10.7. The van der Waals surface area contributed by atoms with Gasteiger partial charge in [-0.1, -0.05) is 49.8 Å². The summed E-state index contributed by atoms with van der Waals surface area (Å²) in [6.07, 6.45) is 8.76. The number of aliphatic carboxylic acids is 1. The molecular formula is C22H28O2. The van der Waals surface area contributed by atoms with Crippen molar-refractivity contribution in [1.29, 1.82) is 0 Å². The standard InChI is InChI=1S/C22H28O2/c1-15(13-20(23)24)8-9-18-10-11-19(14-17(18)3)21-16(2)7-6-12-22(21,4)5/h8-11,13-14H,6-7,12H2,1-5H3,(H,23,24)/b9-8+,15-13+. The van der Waals surface area contributed by atoms with Gasteiger partial charge in [-0.15, -0.1) is 0 Å². The number of benzene rings is 1. The Morgan fingerprint density at radius 1 is 1.25 bits per heavy atom. The van der Waals surface area contributed by atoms with Crippen LogP contribution >= 0.6 is 0 Å². The Bertz CT molecular complexity index is 730. The average Bonchev–Trinajstić information content (AvgIpc) is 2.44. The lowest BCUT2D eigenvalue weighted by Gasteiger charge is -2.35. The number of carboxylic acids is 1. The molecule has 0 saturated heterocycles. The van der Waals surface area contributed by atoms with Gasteiger partial charge in [0.05, 0.1) is 0 Å². The number of hydrogen-bond donors (Lipinski definition) is 1. The highest BCUT2D eigenvalue weighted by Crippen LogP contribution is 2.45. The third-order valence-electron chi connectivity index (χ3n) is 4.89. The second-order valence-corrected chi connectivity index (χ2v) is 7.52. The monoisotopic (exact) mass is 324 g/mol. The van der Waals surface area contributed by atoms with Crippen molar-refractivity contribution in [3.05, 3.63) is 58.2 Å². The molecule has 0 spiro atoms. The van der Waals surface area contributed by atoms with Crippen LogP contribution in [0.2, 0.25) is 0 Å². The van der Waals surface area contributed by atoms with E-state index >= 15 is 0 Å². The molecule has 1 aromatic rings. The van der Waals surface area contributed by atoms with E-state index < -0.39 is 5.97 Å². The van der Waals surface area contributed by atoms with Gasteiger partial charge >= 0.3 is 5.97 Å². The Labute approximate surface area is 145 Å². The topological polar surface area (TPSA) is 37.3 Å². The first-order valence-electron chi connectivity index (χ1n) is 8.61. The van der Waals surface area contributed by atoms with Crippen LogP contribution in [0, 0.1) is 12.3 Å². The first-order chi connectivity index (χ1) is 11.2. The quantitative estimate of drug-likeness (QED) is 0.543. The van der Waals surface area contributed by atoms with Crippen molar-refractivity contribution < 1.29 is 9.90 Å². The van der Waals surface area contributed by atoms with Gasteiger partial charge in [-0.25, -0.2) is 4.79 Å². The molecule has 0 aliphatic heterocycles. The van der Waals surface area contributed by atoms with E-state index in [0.29, 0.717) is 0 Å². The van der Waals surface area contributed by atoms with Gasteiger partial charge in [0.1, 0.15) is 0 Å². The second-order valence-electron chi connectivity index (χ2n) is 7.52. The van der Waals surface area contributed by atoms with Gasteiger partial charge in [-0.05, 0) is 73.3 Å². The van der Waals surface area contributed by atoms with Gasteiger partial charge in [-0.2, -0.15) is 0 Å². The number of carbonyl (C=O) groups is 1. The van der Waals surface area contributed by atoms with Crippen molar-refractivity contribution in [3.63, 3.8) is 0 Å². The summed E-state index contributed by atoms with van der Waals surface area (Å²) in [7, 11) is 0. The number of hydrogen-bond acceptors (Lipinski definition) is 1. The molecule has 1 aromatic carbocycles. The molecule has 1 aliphatic rings. The van der Waals surface area contributed by atoms with E-state index in [-0.39, 0.29) is 5.41 Å². The van der Waals surface area contributed by atoms with Crippen LogP contribution in [-0.2, 0) is 4.79 Å². The highest BCUT2D eigenvalue weighted by atomic mass is 16.4. The van der Waals surface area contributed by atoms with Gasteiger partial charge < -0.3 is 5.11 Å². The normalized spacial score (nSPS) is 18.3. The Hall–Kier alpha value is -2.09. The zero-order valence-electron chi connectivity index (χ0n) is 15.4. The highest BCUT2D eigenvalue weighted by molar-refractivity contribution is 5.81. The molecule has 24 heavy (non-hydrogen) atoms. The largest absolute Gasteiger partial charge is 0.478 e. The van der Waals surface area contributed by atoms with Gasteiger partial charge in [-0.3, -0.25) is 0 Å². The molecule has 0 aromatic heterocycles. The molecule has 2 rings (SSSR count). The average molecular weight is 324 g/mol. The first kappa shape index (κ1) is 18.3. The molecule has 0 atom stereocenters. The van der Waals surface area contributed by atoms with Crippen LogP contribution in [0.1, 0.15) is 63.6 Å². The van der Waals surface area contributed by atoms with Crippen molar-refractivity contribution in [2.75, 3.05) is 0 Å². The van der Waals surface area contributed by atoms with Crippen LogP contribution < -0.4 is 0 Å². The lowest BCUT2D eigenvalue weighted by molar-refractivity contribution is -0.131. The van der Waals surface area contributed by atoms with Gasteiger partial charge in [0.25, 0.3) is 0 Å². The van der Waals surface area contributed by atoms with E-state index in [9.17, 15) is 4.79 Å². The summed E-state index contributed by atoms with van der Waals surface area (Å²) in [5, 5.41) is 8.77. The van der Waals surface area contributed by atoms with Crippen LogP contribution in [0.3, 0.4) is 0 Å².